The number of nitrogens with two attached hydrogens (primary N) is 1. The Bertz CT molecular complexity index is 2510. The molecule has 0 radical (unpaired) electrons. The predicted molar refractivity (Wildman–Crippen MR) is 222 cm³/mol. The zero-order valence-electron chi connectivity index (χ0n) is 33.1. The average Bonchev–Trinajstić information content (AvgIpc) is 3.21. The van der Waals surface area contributed by atoms with Crippen molar-refractivity contribution in [3.05, 3.63) is 117 Å². The van der Waals surface area contributed by atoms with E-state index in [9.17, 15) is 26.7 Å². The predicted octanol–water partition coefficient (Wildman–Crippen LogP) is 10.6. The number of alkyl halides is 3. The van der Waals surface area contributed by atoms with Gasteiger partial charge in [0.15, 0.2) is 23.3 Å². The highest BCUT2D eigenvalue weighted by Crippen LogP contribution is 2.39. The van der Waals surface area contributed by atoms with E-state index in [4.69, 9.17) is 38.4 Å². The van der Waals surface area contributed by atoms with Gasteiger partial charge in [0.1, 0.15) is 22.8 Å². The van der Waals surface area contributed by atoms with Gasteiger partial charge in [-0.15, -0.1) is 12.4 Å². The van der Waals surface area contributed by atoms with Crippen molar-refractivity contribution in [2.75, 3.05) is 14.2 Å². The molecule has 0 aliphatic heterocycles. The minimum Gasteiger partial charge on any atom is -0.467 e. The number of carbonyl (C=O) groups excluding carboxylic acids is 1. The van der Waals surface area contributed by atoms with Crippen molar-refractivity contribution in [3.8, 4) is 57.6 Å². The van der Waals surface area contributed by atoms with Crippen LogP contribution < -0.4 is 15.2 Å². The second-order valence-corrected chi connectivity index (χ2v) is 14.6. The number of benzene rings is 4. The van der Waals surface area contributed by atoms with E-state index in [1.807, 2.05) is 12.1 Å². The molecule has 0 atom stereocenters. The van der Waals surface area contributed by atoms with Crippen LogP contribution in [0.25, 0.3) is 45.6 Å². The third kappa shape index (κ3) is 11.1. The van der Waals surface area contributed by atoms with Gasteiger partial charge in [0.2, 0.25) is 0 Å². The molecule has 0 aliphatic rings. The molecular weight excluding hydrogens is 852 g/mol. The lowest BCUT2D eigenvalue weighted by atomic mass is 9.84. The topological polar surface area (TPSA) is 139 Å². The monoisotopic (exact) mass is 889 g/mol. The Kier molecular flexibility index (Phi) is 15.6. The molecule has 0 amide bonds. The number of ether oxygens (including phenoxy) is 2. The Morgan fingerprint density at radius 3 is 1.47 bits per heavy atom. The maximum Gasteiger partial charge on any atom is 0.400 e. The summed E-state index contributed by atoms with van der Waals surface area (Å²) in [6.07, 6.45) is -4.87. The number of rotatable bonds is 11. The average molecular weight is 891 g/mol. The molecule has 2 heterocycles. The smallest absolute Gasteiger partial charge is 0.400 e. The van der Waals surface area contributed by atoms with Gasteiger partial charge in [-0.3, -0.25) is 4.79 Å². The summed E-state index contributed by atoms with van der Waals surface area (Å²) >= 11 is 12.6. The highest BCUT2D eigenvalue weighted by Gasteiger charge is 2.51. The minimum absolute atomic E-state index is 0. The van der Waals surface area contributed by atoms with Crippen molar-refractivity contribution >= 4 is 41.4 Å². The first-order valence-corrected chi connectivity index (χ1v) is 18.6. The molecular formula is C42H39Cl3F5N7O3. The van der Waals surface area contributed by atoms with Crippen molar-refractivity contribution in [2.24, 2.45) is 11.1 Å². The number of carbonyl (C=O) groups is 1. The Hall–Kier alpha value is -5.35. The maximum absolute atomic E-state index is 14.1. The highest BCUT2D eigenvalue weighted by molar-refractivity contribution is 6.33. The Morgan fingerprint density at radius 1 is 0.650 bits per heavy atom. The number of hydrogen-bond donors (Lipinski definition) is 1. The minimum atomic E-state index is -4.64. The normalized spacial score (nSPS) is 11.3. The summed E-state index contributed by atoms with van der Waals surface area (Å²) in [5.74, 6) is -0.743. The molecule has 316 valence electrons. The van der Waals surface area contributed by atoms with Crippen LogP contribution in [-0.2, 0) is 17.8 Å². The van der Waals surface area contributed by atoms with Crippen molar-refractivity contribution in [1.29, 1.82) is 0 Å². The Labute approximate surface area is 359 Å². The fourth-order valence-electron chi connectivity index (χ4n) is 5.36. The van der Waals surface area contributed by atoms with Crippen molar-refractivity contribution in [3.63, 3.8) is 0 Å². The molecule has 0 unspecified atom stereocenters. The van der Waals surface area contributed by atoms with Crippen LogP contribution in [-0.4, -0.2) is 56.1 Å². The first-order chi connectivity index (χ1) is 27.8. The fourth-order valence-corrected chi connectivity index (χ4v) is 5.76. The van der Waals surface area contributed by atoms with Crippen LogP contribution in [0.5, 0.6) is 12.0 Å². The lowest BCUT2D eigenvalue weighted by molar-refractivity contribution is -0.210. The molecule has 60 heavy (non-hydrogen) atoms. The molecule has 18 heteroatoms. The van der Waals surface area contributed by atoms with Crippen LogP contribution in [0.2, 0.25) is 10.0 Å². The number of Topliss-reactive ketones (excluding diaryl/α,β-unsaturated/α-hetero) is 1. The molecule has 0 saturated carbocycles. The van der Waals surface area contributed by atoms with Crippen molar-refractivity contribution in [1.82, 2.24) is 29.9 Å². The van der Waals surface area contributed by atoms with E-state index in [1.54, 1.807) is 62.4 Å². The van der Waals surface area contributed by atoms with Crippen LogP contribution in [0.1, 0.15) is 42.5 Å². The SMILES string of the molecule is COc1nc(-c2ccc(C)c(F)c2)nc(-c2cc(CCC(=O)C(C)(C)C(F)(F)F)ccc2Cl)n1.COc1nc(-c2ccc(C)c(F)c2)nc(-c2cc(CN)ccc2Cl)n1.Cl. The van der Waals surface area contributed by atoms with Gasteiger partial charge < -0.3 is 15.2 Å². The van der Waals surface area contributed by atoms with Gasteiger partial charge in [-0.2, -0.15) is 33.1 Å². The van der Waals surface area contributed by atoms with Gasteiger partial charge in [-0.05, 0) is 92.8 Å². The second kappa shape index (κ2) is 19.8. The van der Waals surface area contributed by atoms with Gasteiger partial charge in [0.25, 0.3) is 0 Å². The summed E-state index contributed by atoms with van der Waals surface area (Å²) in [5, 5.41) is 0.756. The van der Waals surface area contributed by atoms with E-state index < -0.39 is 23.2 Å². The molecule has 6 rings (SSSR count). The van der Waals surface area contributed by atoms with Crippen LogP contribution in [0, 0.1) is 30.9 Å². The summed E-state index contributed by atoms with van der Waals surface area (Å²) in [6, 6.07) is 19.6. The zero-order chi connectivity index (χ0) is 43.2. The molecule has 4 aromatic carbocycles. The maximum atomic E-state index is 14.1. The van der Waals surface area contributed by atoms with E-state index in [1.165, 1.54) is 26.4 Å². The highest BCUT2D eigenvalue weighted by atomic mass is 35.5. The summed E-state index contributed by atoms with van der Waals surface area (Å²) < 4.78 is 77.7. The van der Waals surface area contributed by atoms with E-state index >= 15 is 0 Å². The summed E-state index contributed by atoms with van der Waals surface area (Å²) in [7, 11) is 2.82. The van der Waals surface area contributed by atoms with E-state index in [-0.39, 0.29) is 59.8 Å². The number of aryl methyl sites for hydroxylation is 3. The number of hydrogen-bond acceptors (Lipinski definition) is 10. The van der Waals surface area contributed by atoms with E-state index in [0.717, 1.165) is 19.4 Å². The van der Waals surface area contributed by atoms with Gasteiger partial charge in [-0.1, -0.05) is 59.6 Å². The third-order valence-electron chi connectivity index (χ3n) is 9.28. The van der Waals surface area contributed by atoms with Crippen molar-refractivity contribution in [2.45, 2.75) is 53.3 Å². The molecule has 10 nitrogen and oxygen atoms in total. The fraction of sp³-hybridized carbons (Fsp3) is 0.262. The van der Waals surface area contributed by atoms with Crippen LogP contribution >= 0.6 is 35.6 Å². The molecule has 0 spiro atoms. The molecule has 6 aromatic rings. The van der Waals surface area contributed by atoms with Crippen LogP contribution in [0.3, 0.4) is 0 Å². The van der Waals surface area contributed by atoms with Gasteiger partial charge >= 0.3 is 18.2 Å². The number of nitrogens with zero attached hydrogens (tertiary/aromatic N) is 6. The molecule has 0 bridgehead atoms. The van der Waals surface area contributed by atoms with Gasteiger partial charge in [-0.25, -0.2) is 18.7 Å². The zero-order valence-corrected chi connectivity index (χ0v) is 35.4. The van der Waals surface area contributed by atoms with Crippen LogP contribution in [0.15, 0.2) is 72.8 Å². The number of methoxy groups -OCH3 is 2. The number of ketones is 1. The second-order valence-electron chi connectivity index (χ2n) is 13.7. The summed E-state index contributed by atoms with van der Waals surface area (Å²) in [6.45, 7) is 5.42. The number of aromatic nitrogens is 6. The molecule has 0 fully saturated rings. The largest absolute Gasteiger partial charge is 0.467 e. The van der Waals surface area contributed by atoms with Gasteiger partial charge in [0, 0.05) is 35.2 Å². The summed E-state index contributed by atoms with van der Waals surface area (Å²) in [5.41, 5.74) is 7.63. The molecule has 2 aromatic heterocycles. The Balaban J connectivity index is 0.000000272. The lowest BCUT2D eigenvalue weighted by Crippen LogP contribution is -2.39. The summed E-state index contributed by atoms with van der Waals surface area (Å²) in [4.78, 5) is 37.9. The van der Waals surface area contributed by atoms with Crippen molar-refractivity contribution < 1.29 is 36.2 Å². The standard InChI is InChI=1S/C24H22ClF4N3O2.C18H16ClFN4O.ClH/c1-13-5-8-15(12-18(13)26)20-30-21(32-22(31-20)34-4)16-11-14(6-9-17(16)25)7-10-19(33)23(2,3)24(27,28)29;1-10-3-5-12(8-15(10)20)16-22-17(24-18(23-16)25-2)13-7-11(9-21)4-6-14(13)19;/h5-6,8-9,11-12H,7,10H2,1-4H3;3-8H,9,21H2,1-2H3;1H. The lowest BCUT2D eigenvalue weighted by Gasteiger charge is -2.26. The van der Waals surface area contributed by atoms with E-state index in [2.05, 4.69) is 29.9 Å². The van der Waals surface area contributed by atoms with Crippen LogP contribution in [0.4, 0.5) is 22.0 Å². The third-order valence-corrected chi connectivity index (χ3v) is 9.94. The van der Waals surface area contributed by atoms with E-state index in [0.29, 0.717) is 62.2 Å². The number of halogens is 8. The Morgan fingerprint density at radius 2 is 1.07 bits per heavy atom. The quantitative estimate of drug-likeness (QED) is 0.125. The first-order valence-electron chi connectivity index (χ1n) is 17.9. The van der Waals surface area contributed by atoms with Gasteiger partial charge in [0.05, 0.1) is 24.3 Å². The first kappa shape index (κ1) is 47.3. The molecule has 0 aliphatic carbocycles. The molecule has 0 saturated heterocycles. The molecule has 2 N–H and O–H groups in total.